The van der Waals surface area contributed by atoms with Gasteiger partial charge in [-0.25, -0.2) is 0 Å². The van der Waals surface area contributed by atoms with Gasteiger partial charge in [0, 0.05) is 6.61 Å². The Bertz CT molecular complexity index is 568. The number of hydrogen-bond donors (Lipinski definition) is 2. The van der Waals surface area contributed by atoms with Crippen LogP contribution in [0.5, 0.6) is 11.5 Å². The van der Waals surface area contributed by atoms with Crippen molar-refractivity contribution in [3.63, 3.8) is 0 Å². The largest absolute Gasteiger partial charge is 0.493 e. The number of benzene rings is 1. The minimum atomic E-state index is -1.00. The third kappa shape index (κ3) is 4.35. The molecule has 0 spiro atoms. The molecule has 0 aliphatic carbocycles. The molecule has 0 saturated carbocycles. The van der Waals surface area contributed by atoms with Gasteiger partial charge in [0.2, 0.25) is 5.91 Å². The van der Waals surface area contributed by atoms with Crippen molar-refractivity contribution in [3.05, 3.63) is 23.8 Å². The maximum atomic E-state index is 12.2. The Balaban J connectivity index is 2.20. The van der Waals surface area contributed by atoms with Crippen LogP contribution in [0.3, 0.4) is 0 Å². The molecule has 1 aliphatic rings. The number of carbonyl (C=O) groups is 2. The van der Waals surface area contributed by atoms with Crippen LogP contribution in [0.2, 0.25) is 0 Å². The number of rotatable bonds is 7. The van der Waals surface area contributed by atoms with Crippen LogP contribution in [0.15, 0.2) is 18.2 Å². The molecular formula is C16H21NO6. The highest BCUT2D eigenvalue weighted by Gasteiger charge is 2.27. The van der Waals surface area contributed by atoms with Crippen molar-refractivity contribution in [2.45, 2.75) is 31.4 Å². The smallest absolute Gasteiger partial charge is 0.305 e. The third-order valence-corrected chi connectivity index (χ3v) is 3.73. The van der Waals surface area contributed by atoms with Crippen LogP contribution >= 0.6 is 0 Å². The van der Waals surface area contributed by atoms with Gasteiger partial charge in [-0.15, -0.1) is 0 Å². The summed E-state index contributed by atoms with van der Waals surface area (Å²) >= 11 is 0. The molecule has 7 nitrogen and oxygen atoms in total. The van der Waals surface area contributed by atoms with Gasteiger partial charge in [-0.3, -0.25) is 9.59 Å². The van der Waals surface area contributed by atoms with Crippen molar-refractivity contribution in [3.8, 4) is 11.5 Å². The highest BCUT2D eigenvalue weighted by Crippen LogP contribution is 2.31. The van der Waals surface area contributed by atoms with E-state index in [9.17, 15) is 9.59 Å². The average molecular weight is 323 g/mol. The van der Waals surface area contributed by atoms with E-state index >= 15 is 0 Å². The van der Waals surface area contributed by atoms with Crippen LogP contribution in [0, 0.1) is 0 Å². The SMILES string of the molecule is COc1ccc(C(CC(=O)O)NC(=O)[C@@H]2CCCO2)cc1OC. The Morgan fingerprint density at radius 3 is 2.65 bits per heavy atom. The minimum Gasteiger partial charge on any atom is -0.493 e. The Labute approximate surface area is 134 Å². The topological polar surface area (TPSA) is 94.1 Å². The second kappa shape index (κ2) is 7.82. The van der Waals surface area contributed by atoms with Crippen LogP contribution in [0.25, 0.3) is 0 Å². The number of carboxylic acids is 1. The van der Waals surface area contributed by atoms with Crippen molar-refractivity contribution >= 4 is 11.9 Å². The predicted octanol–water partition coefficient (Wildman–Crippen LogP) is 1.51. The van der Waals surface area contributed by atoms with E-state index in [4.69, 9.17) is 19.3 Å². The van der Waals surface area contributed by atoms with Crippen molar-refractivity contribution in [1.82, 2.24) is 5.32 Å². The molecule has 1 saturated heterocycles. The summed E-state index contributed by atoms with van der Waals surface area (Å²) in [5.41, 5.74) is 0.636. The molecule has 2 atom stereocenters. The first-order valence-electron chi connectivity index (χ1n) is 7.41. The number of carbonyl (C=O) groups excluding carboxylic acids is 1. The first-order valence-corrected chi connectivity index (χ1v) is 7.41. The first-order chi connectivity index (χ1) is 11.0. The first kappa shape index (κ1) is 17.1. The van der Waals surface area contributed by atoms with E-state index in [1.165, 1.54) is 14.2 Å². The molecule has 0 radical (unpaired) electrons. The Kier molecular flexibility index (Phi) is 5.81. The van der Waals surface area contributed by atoms with E-state index in [-0.39, 0.29) is 12.3 Å². The molecule has 7 heteroatoms. The molecule has 1 fully saturated rings. The van der Waals surface area contributed by atoms with Gasteiger partial charge in [-0.2, -0.15) is 0 Å². The lowest BCUT2D eigenvalue weighted by Gasteiger charge is -2.20. The van der Waals surface area contributed by atoms with Gasteiger partial charge in [-0.05, 0) is 30.5 Å². The number of ether oxygens (including phenoxy) is 3. The highest BCUT2D eigenvalue weighted by atomic mass is 16.5. The summed E-state index contributed by atoms with van der Waals surface area (Å²) in [7, 11) is 3.02. The van der Waals surface area contributed by atoms with Crippen molar-refractivity contribution in [2.75, 3.05) is 20.8 Å². The molecule has 1 amide bonds. The Morgan fingerprint density at radius 2 is 2.09 bits per heavy atom. The van der Waals surface area contributed by atoms with E-state index < -0.39 is 18.1 Å². The highest BCUT2D eigenvalue weighted by molar-refractivity contribution is 5.82. The van der Waals surface area contributed by atoms with Crippen LogP contribution in [-0.4, -0.2) is 43.9 Å². The summed E-state index contributed by atoms with van der Waals surface area (Å²) in [6, 6.07) is 4.40. The summed E-state index contributed by atoms with van der Waals surface area (Å²) < 4.78 is 15.7. The zero-order valence-electron chi connectivity index (χ0n) is 13.2. The molecular weight excluding hydrogens is 302 g/mol. The van der Waals surface area contributed by atoms with Gasteiger partial charge in [-0.1, -0.05) is 6.07 Å². The third-order valence-electron chi connectivity index (χ3n) is 3.73. The van der Waals surface area contributed by atoms with Crippen LogP contribution in [0.4, 0.5) is 0 Å². The second-order valence-electron chi connectivity index (χ2n) is 5.28. The zero-order valence-corrected chi connectivity index (χ0v) is 13.2. The molecule has 1 aromatic rings. The van der Waals surface area contributed by atoms with Crippen molar-refractivity contribution in [1.29, 1.82) is 0 Å². The standard InChI is InChI=1S/C16H21NO6/c1-21-12-6-5-10(8-14(12)22-2)11(9-15(18)19)17-16(20)13-4-3-7-23-13/h5-6,8,11,13H,3-4,7,9H2,1-2H3,(H,17,20)(H,18,19)/t11?,13-/m0/s1. The van der Waals surface area contributed by atoms with Crippen molar-refractivity contribution in [2.24, 2.45) is 0 Å². The van der Waals surface area contributed by atoms with E-state index in [2.05, 4.69) is 5.32 Å². The van der Waals surface area contributed by atoms with Gasteiger partial charge in [0.25, 0.3) is 0 Å². The summed E-state index contributed by atoms with van der Waals surface area (Å²) in [5, 5.41) is 11.9. The molecule has 1 aromatic carbocycles. The molecule has 2 N–H and O–H groups in total. The lowest BCUT2D eigenvalue weighted by Crippen LogP contribution is -2.37. The zero-order chi connectivity index (χ0) is 16.8. The summed E-state index contributed by atoms with van der Waals surface area (Å²) in [4.78, 5) is 23.3. The van der Waals surface area contributed by atoms with Crippen LogP contribution in [-0.2, 0) is 14.3 Å². The number of methoxy groups -OCH3 is 2. The molecule has 1 unspecified atom stereocenters. The number of carboxylic acid groups (broad SMARTS) is 1. The normalized spacial score (nSPS) is 18.3. The van der Waals surface area contributed by atoms with Crippen LogP contribution < -0.4 is 14.8 Å². The summed E-state index contributed by atoms with van der Waals surface area (Å²) in [5.74, 6) is -0.275. The Morgan fingerprint density at radius 1 is 1.35 bits per heavy atom. The van der Waals surface area contributed by atoms with Gasteiger partial charge >= 0.3 is 5.97 Å². The fraction of sp³-hybridized carbons (Fsp3) is 0.500. The predicted molar refractivity (Wildman–Crippen MR) is 81.7 cm³/mol. The molecule has 126 valence electrons. The minimum absolute atomic E-state index is 0.228. The van der Waals surface area contributed by atoms with Gasteiger partial charge in [0.05, 0.1) is 26.7 Å². The molecule has 23 heavy (non-hydrogen) atoms. The van der Waals surface area contributed by atoms with Gasteiger partial charge in [0.1, 0.15) is 6.10 Å². The van der Waals surface area contributed by atoms with Crippen molar-refractivity contribution < 1.29 is 28.9 Å². The second-order valence-corrected chi connectivity index (χ2v) is 5.28. The van der Waals surface area contributed by atoms with Crippen LogP contribution in [0.1, 0.15) is 30.9 Å². The molecule has 0 bridgehead atoms. The quantitative estimate of drug-likeness (QED) is 0.790. The lowest BCUT2D eigenvalue weighted by molar-refractivity contribution is -0.138. The summed E-state index contributed by atoms with van der Waals surface area (Å²) in [6.07, 6.45) is 0.746. The monoisotopic (exact) mass is 323 g/mol. The van der Waals surface area contributed by atoms with E-state index in [1.54, 1.807) is 18.2 Å². The number of hydrogen-bond acceptors (Lipinski definition) is 5. The van der Waals surface area contributed by atoms with Gasteiger partial charge in [0.15, 0.2) is 11.5 Å². The fourth-order valence-electron chi connectivity index (χ4n) is 2.55. The number of amides is 1. The molecule has 1 aliphatic heterocycles. The molecule has 1 heterocycles. The van der Waals surface area contributed by atoms with E-state index in [1.807, 2.05) is 0 Å². The maximum Gasteiger partial charge on any atom is 0.305 e. The van der Waals surface area contributed by atoms with Gasteiger partial charge < -0.3 is 24.6 Å². The fourth-order valence-corrected chi connectivity index (χ4v) is 2.55. The molecule has 0 aromatic heterocycles. The van der Waals surface area contributed by atoms with E-state index in [0.29, 0.717) is 30.1 Å². The average Bonchev–Trinajstić information content (AvgIpc) is 3.07. The lowest BCUT2D eigenvalue weighted by atomic mass is 10.0. The Hall–Kier alpha value is -2.28. The van der Waals surface area contributed by atoms with E-state index in [0.717, 1.165) is 6.42 Å². The summed E-state index contributed by atoms with van der Waals surface area (Å²) in [6.45, 7) is 0.554. The number of aliphatic carboxylic acids is 1. The maximum absolute atomic E-state index is 12.2. The number of nitrogens with one attached hydrogen (secondary N) is 1. The molecule has 2 rings (SSSR count).